The van der Waals surface area contributed by atoms with Gasteiger partial charge in [0.25, 0.3) is 5.91 Å². The van der Waals surface area contributed by atoms with E-state index in [1.165, 1.54) is 42.6 Å². The number of hydrogen-bond donors (Lipinski definition) is 0. The predicted octanol–water partition coefficient (Wildman–Crippen LogP) is 4.95. The van der Waals surface area contributed by atoms with Gasteiger partial charge in [-0.15, -0.1) is 0 Å². The second kappa shape index (κ2) is 8.34. The molecule has 0 N–H and O–H groups in total. The molecule has 1 aromatic heterocycles. The van der Waals surface area contributed by atoms with Crippen molar-refractivity contribution in [3.63, 3.8) is 0 Å². The fourth-order valence-corrected chi connectivity index (χ4v) is 6.47. The molecule has 3 heterocycles. The highest BCUT2D eigenvalue weighted by Gasteiger charge is 2.53. The quantitative estimate of drug-likeness (QED) is 0.511. The molecule has 0 radical (unpaired) electrons. The molecule has 1 saturated carbocycles. The number of thiazole rings is 1. The molecule has 3 unspecified atom stereocenters. The van der Waals surface area contributed by atoms with Crippen LogP contribution in [0.3, 0.4) is 0 Å². The highest BCUT2D eigenvalue weighted by molar-refractivity contribution is 7.22. The number of carbonyl (C=O) groups is 2. The average Bonchev–Trinajstić information content (AvgIpc) is 3.41. The smallest absolute Gasteiger partial charge is 0.296 e. The lowest BCUT2D eigenvalue weighted by Crippen LogP contribution is -2.39. The first-order chi connectivity index (χ1) is 17.0. The van der Waals surface area contributed by atoms with Crippen molar-refractivity contribution in [1.29, 1.82) is 0 Å². The Morgan fingerprint density at radius 2 is 1.94 bits per heavy atom. The lowest BCUT2D eigenvalue weighted by molar-refractivity contribution is -0.131. The van der Waals surface area contributed by atoms with Gasteiger partial charge in [-0.05, 0) is 43.5 Å². The van der Waals surface area contributed by atoms with Crippen LogP contribution in [0.15, 0.2) is 47.7 Å². The molecule has 3 atom stereocenters. The molecule has 3 aliphatic rings. The number of carbonyl (C=O) groups excluding carboxylic acids is 2. The molecule has 9 heteroatoms. The summed E-state index contributed by atoms with van der Waals surface area (Å²) in [7, 11) is 3.06. The predicted molar refractivity (Wildman–Crippen MR) is 128 cm³/mol. The molecule has 6 rings (SSSR count). The monoisotopic (exact) mass is 494 g/mol. The third kappa shape index (κ3) is 3.32. The largest absolute Gasteiger partial charge is 0.493 e. The molecule has 2 aliphatic heterocycles. The Kier molecular flexibility index (Phi) is 5.25. The summed E-state index contributed by atoms with van der Waals surface area (Å²) in [5.74, 6) is -0.154. The maximum Gasteiger partial charge on any atom is 0.296 e. The van der Waals surface area contributed by atoms with Crippen LogP contribution < -0.4 is 14.4 Å². The van der Waals surface area contributed by atoms with Gasteiger partial charge in [-0.1, -0.05) is 29.9 Å². The van der Waals surface area contributed by atoms with Gasteiger partial charge in [0.2, 0.25) is 0 Å². The molecule has 0 bridgehead atoms. The van der Waals surface area contributed by atoms with Crippen molar-refractivity contribution >= 4 is 38.4 Å². The number of methoxy groups -OCH3 is 2. The van der Waals surface area contributed by atoms with Crippen molar-refractivity contribution in [1.82, 2.24) is 4.98 Å². The second-order valence-corrected chi connectivity index (χ2v) is 9.93. The number of amides is 1. The van der Waals surface area contributed by atoms with Crippen molar-refractivity contribution in [3.8, 4) is 11.5 Å². The number of aromatic nitrogens is 1. The van der Waals surface area contributed by atoms with Crippen molar-refractivity contribution in [2.45, 2.75) is 37.8 Å². The van der Waals surface area contributed by atoms with Crippen LogP contribution in [0.2, 0.25) is 0 Å². The van der Waals surface area contributed by atoms with Crippen LogP contribution in [0, 0.1) is 11.7 Å². The van der Waals surface area contributed by atoms with Crippen LogP contribution >= 0.6 is 11.3 Å². The SMILES string of the molecule is COc1cccc(C2C3=C(OC4CCCCC4C3=O)C(=O)N2c2nc3ccc(F)cc3s2)c1OC. The molecule has 180 valence electrons. The lowest BCUT2D eigenvalue weighted by atomic mass is 9.77. The summed E-state index contributed by atoms with van der Waals surface area (Å²) in [5.41, 5.74) is 1.50. The highest BCUT2D eigenvalue weighted by atomic mass is 32.1. The zero-order valence-corrected chi connectivity index (χ0v) is 20.1. The van der Waals surface area contributed by atoms with Crippen LogP contribution in [0.4, 0.5) is 9.52 Å². The summed E-state index contributed by atoms with van der Waals surface area (Å²) >= 11 is 1.19. The summed E-state index contributed by atoms with van der Waals surface area (Å²) < 4.78 is 31.9. The zero-order chi connectivity index (χ0) is 24.3. The fourth-order valence-electron chi connectivity index (χ4n) is 5.45. The van der Waals surface area contributed by atoms with Gasteiger partial charge in [0.05, 0.1) is 35.9 Å². The number of halogens is 1. The topological polar surface area (TPSA) is 78.0 Å². The highest BCUT2D eigenvalue weighted by Crippen LogP contribution is 2.52. The number of para-hydroxylation sites is 1. The Labute approximate surface area is 205 Å². The summed E-state index contributed by atoms with van der Waals surface area (Å²) in [4.78, 5) is 33.8. The molecule has 0 spiro atoms. The van der Waals surface area contributed by atoms with Crippen molar-refractivity contribution in [3.05, 3.63) is 59.1 Å². The minimum Gasteiger partial charge on any atom is -0.493 e. The number of hydrogen-bond acceptors (Lipinski definition) is 7. The van der Waals surface area contributed by atoms with Gasteiger partial charge in [0.15, 0.2) is 28.2 Å². The molecule has 3 aromatic rings. The van der Waals surface area contributed by atoms with E-state index < -0.39 is 11.9 Å². The fraction of sp³-hybridized carbons (Fsp3) is 0.346. The van der Waals surface area contributed by atoms with E-state index in [1.54, 1.807) is 18.2 Å². The summed E-state index contributed by atoms with van der Waals surface area (Å²) in [6.07, 6.45) is 3.10. The third-order valence-electron chi connectivity index (χ3n) is 7.04. The van der Waals surface area contributed by atoms with E-state index in [0.717, 1.165) is 25.7 Å². The molecule has 1 amide bonds. The normalized spacial score (nSPS) is 23.9. The van der Waals surface area contributed by atoms with Crippen LogP contribution in [-0.2, 0) is 14.3 Å². The van der Waals surface area contributed by atoms with Gasteiger partial charge in [-0.3, -0.25) is 14.5 Å². The van der Waals surface area contributed by atoms with E-state index in [1.807, 2.05) is 6.07 Å². The first kappa shape index (κ1) is 22.0. The number of ketones is 1. The van der Waals surface area contributed by atoms with E-state index in [0.29, 0.717) is 38.0 Å². The molecule has 7 nitrogen and oxygen atoms in total. The zero-order valence-electron chi connectivity index (χ0n) is 19.2. The molecule has 2 aromatic carbocycles. The number of benzene rings is 2. The molecular weight excluding hydrogens is 471 g/mol. The van der Waals surface area contributed by atoms with E-state index in [4.69, 9.17) is 14.2 Å². The van der Waals surface area contributed by atoms with Crippen LogP contribution in [-0.4, -0.2) is 37.0 Å². The second-order valence-electron chi connectivity index (χ2n) is 8.92. The van der Waals surface area contributed by atoms with Crippen molar-refractivity contribution < 1.29 is 28.2 Å². The number of rotatable bonds is 4. The Morgan fingerprint density at radius 3 is 2.74 bits per heavy atom. The third-order valence-corrected chi connectivity index (χ3v) is 8.05. The standard InChI is InChI=1S/C26H23FN2O5S/c1-32-18-9-5-7-15(23(18)33-2)21-20-22(30)14-6-3-4-8-17(14)34-24(20)25(31)29(21)26-28-16-11-10-13(27)12-19(16)35-26/h5,7,9-12,14,17,21H,3-4,6,8H2,1-2H3. The van der Waals surface area contributed by atoms with Gasteiger partial charge >= 0.3 is 0 Å². The summed E-state index contributed by atoms with van der Waals surface area (Å²) in [6.45, 7) is 0. The van der Waals surface area contributed by atoms with E-state index in [9.17, 15) is 14.0 Å². The molecule has 0 saturated heterocycles. The van der Waals surface area contributed by atoms with E-state index in [-0.39, 0.29) is 29.4 Å². The Morgan fingerprint density at radius 1 is 1.11 bits per heavy atom. The molecular formula is C26H23FN2O5S. The average molecular weight is 495 g/mol. The summed E-state index contributed by atoms with van der Waals surface area (Å²) in [6, 6.07) is 8.87. The number of fused-ring (bicyclic) bond motifs is 2. The number of nitrogens with zero attached hydrogens (tertiary/aromatic N) is 2. The van der Waals surface area contributed by atoms with Gasteiger partial charge in [0.1, 0.15) is 18.0 Å². The number of anilines is 1. The first-order valence-electron chi connectivity index (χ1n) is 11.6. The Bertz CT molecular complexity index is 1400. The van der Waals surface area contributed by atoms with Crippen molar-refractivity contribution in [2.24, 2.45) is 5.92 Å². The van der Waals surface area contributed by atoms with Crippen LogP contribution in [0.25, 0.3) is 10.2 Å². The van der Waals surface area contributed by atoms with E-state index >= 15 is 0 Å². The maximum absolute atomic E-state index is 13.9. The lowest BCUT2D eigenvalue weighted by Gasteiger charge is -2.35. The first-order valence-corrected chi connectivity index (χ1v) is 12.4. The van der Waals surface area contributed by atoms with Crippen molar-refractivity contribution in [2.75, 3.05) is 19.1 Å². The van der Waals surface area contributed by atoms with Gasteiger partial charge in [-0.25, -0.2) is 9.37 Å². The number of Topliss-reactive ketones (excluding diaryl/α,β-unsaturated/α-hetero) is 1. The number of ether oxygens (including phenoxy) is 3. The van der Waals surface area contributed by atoms with Gasteiger partial charge in [-0.2, -0.15) is 0 Å². The van der Waals surface area contributed by atoms with Gasteiger partial charge < -0.3 is 14.2 Å². The van der Waals surface area contributed by atoms with Crippen LogP contribution in [0.1, 0.15) is 37.3 Å². The maximum atomic E-state index is 13.9. The minimum absolute atomic E-state index is 0.0613. The molecule has 1 fully saturated rings. The van der Waals surface area contributed by atoms with E-state index in [2.05, 4.69) is 4.98 Å². The molecule has 35 heavy (non-hydrogen) atoms. The van der Waals surface area contributed by atoms with Gasteiger partial charge in [0, 0.05) is 5.56 Å². The molecule has 1 aliphatic carbocycles. The van der Waals surface area contributed by atoms with Crippen LogP contribution in [0.5, 0.6) is 11.5 Å². The Hall–Kier alpha value is -3.46. The Balaban J connectivity index is 1.56. The minimum atomic E-state index is -0.802. The summed E-state index contributed by atoms with van der Waals surface area (Å²) in [5, 5.41) is 0.360.